The van der Waals surface area contributed by atoms with Crippen molar-refractivity contribution in [2.45, 2.75) is 33.1 Å². The van der Waals surface area contributed by atoms with Crippen LogP contribution in [0, 0.1) is 0 Å². The summed E-state index contributed by atoms with van der Waals surface area (Å²) in [7, 11) is 0. The molecule has 3 heteroatoms. The van der Waals surface area contributed by atoms with E-state index in [4.69, 9.17) is 0 Å². The van der Waals surface area contributed by atoms with Gasteiger partial charge in [0.25, 0.3) is 0 Å². The summed E-state index contributed by atoms with van der Waals surface area (Å²) in [5, 5.41) is 0.626. The maximum Gasteiger partial charge on any atom is 0.221 e. The lowest BCUT2D eigenvalue weighted by molar-refractivity contribution is 0.103. The van der Waals surface area contributed by atoms with Crippen LogP contribution in [0.1, 0.15) is 46.2 Å². The van der Waals surface area contributed by atoms with Gasteiger partial charge >= 0.3 is 0 Å². The molecule has 0 aliphatic carbocycles. The molecule has 0 aliphatic heterocycles. The lowest BCUT2D eigenvalue weighted by Crippen LogP contribution is -2.00. The van der Waals surface area contributed by atoms with E-state index in [0.717, 1.165) is 30.5 Å². The third kappa shape index (κ3) is 2.67. The van der Waals surface area contributed by atoms with Crippen LogP contribution in [0.15, 0.2) is 30.3 Å². The third-order valence-corrected chi connectivity index (χ3v) is 4.06. The van der Waals surface area contributed by atoms with Gasteiger partial charge in [-0.15, -0.1) is 11.3 Å². The zero-order valence-corrected chi connectivity index (χ0v) is 11.6. The van der Waals surface area contributed by atoms with Gasteiger partial charge in [0.05, 0.1) is 5.69 Å². The highest BCUT2D eigenvalue weighted by Crippen LogP contribution is 2.23. The van der Waals surface area contributed by atoms with E-state index in [1.165, 1.54) is 4.88 Å². The second-order valence-corrected chi connectivity index (χ2v) is 5.27. The standard InChI is InChI=1S/C15H17NOS/c1-3-8-12-13(4-2)18-15(16-12)14(17)11-9-6-5-7-10-11/h5-7,9-10H,3-4,8H2,1-2H3. The molecule has 0 saturated carbocycles. The number of nitrogens with zero attached hydrogens (tertiary/aromatic N) is 1. The molecule has 2 nitrogen and oxygen atoms in total. The number of carbonyl (C=O) groups excluding carboxylic acids is 1. The summed E-state index contributed by atoms with van der Waals surface area (Å²) >= 11 is 1.54. The number of hydrogen-bond donors (Lipinski definition) is 0. The second-order valence-electron chi connectivity index (χ2n) is 4.19. The number of ketones is 1. The van der Waals surface area contributed by atoms with E-state index in [1.807, 2.05) is 30.3 Å². The molecule has 0 radical (unpaired) electrons. The van der Waals surface area contributed by atoms with Gasteiger partial charge in [-0.3, -0.25) is 4.79 Å². The molecule has 0 aliphatic rings. The zero-order valence-electron chi connectivity index (χ0n) is 10.8. The number of aromatic nitrogens is 1. The second kappa shape index (κ2) is 5.91. The van der Waals surface area contributed by atoms with Gasteiger partial charge in [-0.05, 0) is 12.8 Å². The SMILES string of the molecule is CCCc1nc(C(=O)c2ccccc2)sc1CC. The highest BCUT2D eigenvalue weighted by Gasteiger charge is 2.16. The van der Waals surface area contributed by atoms with E-state index in [1.54, 1.807) is 11.3 Å². The summed E-state index contributed by atoms with van der Waals surface area (Å²) in [6.45, 7) is 4.25. The van der Waals surface area contributed by atoms with Crippen molar-refractivity contribution in [2.75, 3.05) is 0 Å². The third-order valence-electron chi connectivity index (χ3n) is 2.82. The molecule has 1 aromatic heterocycles. The molecule has 94 valence electrons. The van der Waals surface area contributed by atoms with Crippen LogP contribution in [-0.4, -0.2) is 10.8 Å². The minimum absolute atomic E-state index is 0.0395. The number of carbonyl (C=O) groups is 1. The Hall–Kier alpha value is -1.48. The van der Waals surface area contributed by atoms with Crippen molar-refractivity contribution in [1.29, 1.82) is 0 Å². The van der Waals surface area contributed by atoms with Crippen molar-refractivity contribution < 1.29 is 4.79 Å². The molecule has 0 amide bonds. The average molecular weight is 259 g/mol. The molecule has 0 N–H and O–H groups in total. The van der Waals surface area contributed by atoms with Gasteiger partial charge in [-0.25, -0.2) is 4.98 Å². The summed E-state index contributed by atoms with van der Waals surface area (Å²) in [4.78, 5) is 18.0. The number of benzene rings is 1. The van der Waals surface area contributed by atoms with E-state index in [2.05, 4.69) is 18.8 Å². The van der Waals surface area contributed by atoms with Crippen LogP contribution in [0.5, 0.6) is 0 Å². The first kappa shape index (κ1) is 13.0. The van der Waals surface area contributed by atoms with Gasteiger partial charge in [-0.2, -0.15) is 0 Å². The predicted octanol–water partition coefficient (Wildman–Crippen LogP) is 3.89. The monoisotopic (exact) mass is 259 g/mol. The van der Waals surface area contributed by atoms with Crippen molar-refractivity contribution in [3.63, 3.8) is 0 Å². The molecule has 0 bridgehead atoms. The summed E-state index contributed by atoms with van der Waals surface area (Å²) in [6.07, 6.45) is 2.98. The van der Waals surface area contributed by atoms with Crippen molar-refractivity contribution >= 4 is 17.1 Å². The molecule has 2 rings (SSSR count). The van der Waals surface area contributed by atoms with Crippen molar-refractivity contribution in [1.82, 2.24) is 4.98 Å². The van der Waals surface area contributed by atoms with Gasteiger partial charge in [0.1, 0.15) is 0 Å². The van der Waals surface area contributed by atoms with E-state index in [0.29, 0.717) is 5.01 Å². The first-order valence-corrected chi connectivity index (χ1v) is 7.16. The van der Waals surface area contributed by atoms with Crippen molar-refractivity contribution in [3.8, 4) is 0 Å². The zero-order chi connectivity index (χ0) is 13.0. The molecule has 0 saturated heterocycles. The van der Waals surface area contributed by atoms with Gasteiger partial charge in [-0.1, -0.05) is 50.6 Å². The Morgan fingerprint density at radius 2 is 1.94 bits per heavy atom. The fraction of sp³-hybridized carbons (Fsp3) is 0.333. The van der Waals surface area contributed by atoms with Crippen LogP contribution >= 0.6 is 11.3 Å². The van der Waals surface area contributed by atoms with Crippen LogP contribution in [0.25, 0.3) is 0 Å². The predicted molar refractivity (Wildman–Crippen MR) is 75.4 cm³/mol. The molecule has 1 aromatic carbocycles. The number of thiazole rings is 1. The lowest BCUT2D eigenvalue weighted by Gasteiger charge is -1.95. The van der Waals surface area contributed by atoms with Gasteiger partial charge in [0.15, 0.2) is 5.01 Å². The van der Waals surface area contributed by atoms with Crippen LogP contribution in [0.4, 0.5) is 0 Å². The topological polar surface area (TPSA) is 30.0 Å². The molecule has 2 aromatic rings. The quantitative estimate of drug-likeness (QED) is 0.762. The average Bonchev–Trinajstić information content (AvgIpc) is 2.82. The van der Waals surface area contributed by atoms with E-state index >= 15 is 0 Å². The summed E-state index contributed by atoms with van der Waals surface area (Å²) in [6, 6.07) is 9.37. The van der Waals surface area contributed by atoms with Gasteiger partial charge < -0.3 is 0 Å². The molecular formula is C15H17NOS. The maximum absolute atomic E-state index is 12.3. The van der Waals surface area contributed by atoms with Crippen LogP contribution < -0.4 is 0 Å². The van der Waals surface area contributed by atoms with Gasteiger partial charge in [0.2, 0.25) is 5.78 Å². The van der Waals surface area contributed by atoms with Crippen molar-refractivity contribution in [2.24, 2.45) is 0 Å². The highest BCUT2D eigenvalue weighted by atomic mass is 32.1. The summed E-state index contributed by atoms with van der Waals surface area (Å²) < 4.78 is 0. The number of rotatable bonds is 5. The maximum atomic E-state index is 12.3. The van der Waals surface area contributed by atoms with E-state index < -0.39 is 0 Å². The van der Waals surface area contributed by atoms with Crippen LogP contribution in [0.2, 0.25) is 0 Å². The first-order valence-electron chi connectivity index (χ1n) is 6.34. The number of hydrogen-bond acceptors (Lipinski definition) is 3. The molecule has 0 fully saturated rings. The van der Waals surface area contributed by atoms with E-state index in [-0.39, 0.29) is 5.78 Å². The Kier molecular flexibility index (Phi) is 4.26. The Morgan fingerprint density at radius 3 is 2.56 bits per heavy atom. The van der Waals surface area contributed by atoms with Gasteiger partial charge in [0, 0.05) is 10.4 Å². The summed E-state index contributed by atoms with van der Waals surface area (Å²) in [5.74, 6) is 0.0395. The molecular weight excluding hydrogens is 242 g/mol. The van der Waals surface area contributed by atoms with E-state index in [9.17, 15) is 4.79 Å². The Labute approximate surface area is 112 Å². The molecule has 0 spiro atoms. The Bertz CT molecular complexity index is 531. The highest BCUT2D eigenvalue weighted by molar-refractivity contribution is 7.13. The van der Waals surface area contributed by atoms with Crippen LogP contribution in [0.3, 0.4) is 0 Å². The fourth-order valence-electron chi connectivity index (χ4n) is 1.90. The van der Waals surface area contributed by atoms with Crippen molar-refractivity contribution in [3.05, 3.63) is 51.5 Å². The minimum atomic E-state index is 0.0395. The Balaban J connectivity index is 2.31. The normalized spacial score (nSPS) is 10.6. The first-order chi connectivity index (χ1) is 8.76. The minimum Gasteiger partial charge on any atom is -0.286 e. The lowest BCUT2D eigenvalue weighted by atomic mass is 10.1. The van der Waals surface area contributed by atoms with Crippen LogP contribution in [-0.2, 0) is 12.8 Å². The fourth-order valence-corrected chi connectivity index (χ4v) is 2.91. The Morgan fingerprint density at radius 1 is 1.22 bits per heavy atom. The number of aryl methyl sites for hydroxylation is 2. The molecule has 1 heterocycles. The smallest absolute Gasteiger partial charge is 0.221 e. The molecule has 18 heavy (non-hydrogen) atoms. The summed E-state index contributed by atoms with van der Waals surface area (Å²) in [5.41, 5.74) is 1.82. The largest absolute Gasteiger partial charge is 0.286 e. The molecule has 0 atom stereocenters. The molecule has 0 unspecified atom stereocenters.